The number of thioether (sulfide) groups is 1. The van der Waals surface area contributed by atoms with E-state index >= 15 is 0 Å². The summed E-state index contributed by atoms with van der Waals surface area (Å²) < 4.78 is 36.5. The van der Waals surface area contributed by atoms with Crippen molar-refractivity contribution >= 4 is 42.2 Å². The number of hydrogen-bond donors (Lipinski definition) is 4. The van der Waals surface area contributed by atoms with E-state index < -0.39 is 72.4 Å². The van der Waals surface area contributed by atoms with Gasteiger partial charge in [-0.2, -0.15) is 0 Å². The second kappa shape index (κ2) is 14.1. The molecule has 1 fully saturated rings. The SMILES string of the molecule is CC(C)OC(=O)C(C)NP(=O)(OCCSC(=O)C(C)(C)CO)OC[C@H]1O[C@@H](n2ccc(=O)[nH]c2=O)[C@](C)(Cl)[C@@H]1O. The van der Waals surface area contributed by atoms with Crippen molar-refractivity contribution in [1.29, 1.82) is 0 Å². The van der Waals surface area contributed by atoms with Gasteiger partial charge in [0.25, 0.3) is 5.56 Å². The molecule has 1 saturated heterocycles. The van der Waals surface area contributed by atoms with Crippen molar-refractivity contribution < 1.29 is 42.9 Å². The Morgan fingerprint density at radius 2 is 1.98 bits per heavy atom. The summed E-state index contributed by atoms with van der Waals surface area (Å²) in [6.07, 6.45) is -3.13. The summed E-state index contributed by atoms with van der Waals surface area (Å²) in [4.78, 5) is 48.8. The first-order chi connectivity index (χ1) is 18.4. The van der Waals surface area contributed by atoms with Crippen molar-refractivity contribution in [2.75, 3.05) is 25.6 Å². The third kappa shape index (κ3) is 8.97. The van der Waals surface area contributed by atoms with Gasteiger partial charge in [0, 0.05) is 18.0 Å². The molecule has 228 valence electrons. The number of aromatic nitrogens is 2. The highest BCUT2D eigenvalue weighted by Crippen LogP contribution is 2.48. The first-order valence-electron chi connectivity index (χ1n) is 12.4. The lowest BCUT2D eigenvalue weighted by atomic mass is 9.97. The molecule has 6 atom stereocenters. The van der Waals surface area contributed by atoms with Crippen molar-refractivity contribution in [3.8, 4) is 0 Å². The number of halogens is 1. The number of rotatable bonds is 14. The zero-order chi connectivity index (χ0) is 30.5. The molecule has 0 amide bonds. The lowest BCUT2D eigenvalue weighted by Gasteiger charge is -2.26. The number of aliphatic hydroxyl groups excluding tert-OH is 2. The molecular weight excluding hydrogens is 593 g/mol. The zero-order valence-electron chi connectivity index (χ0n) is 23.1. The highest BCUT2D eigenvalue weighted by atomic mass is 35.5. The maximum Gasteiger partial charge on any atom is 0.406 e. The molecule has 0 spiro atoms. The van der Waals surface area contributed by atoms with Gasteiger partial charge in [-0.25, -0.2) is 14.4 Å². The number of H-pyrrole nitrogens is 1. The van der Waals surface area contributed by atoms with Crippen LogP contribution in [0.15, 0.2) is 21.9 Å². The number of carbonyl (C=O) groups is 2. The van der Waals surface area contributed by atoms with Gasteiger partial charge in [0.15, 0.2) is 11.3 Å². The minimum absolute atomic E-state index is 0.0572. The van der Waals surface area contributed by atoms with Gasteiger partial charge >= 0.3 is 19.4 Å². The maximum atomic E-state index is 13.6. The van der Waals surface area contributed by atoms with Crippen molar-refractivity contribution in [1.82, 2.24) is 14.6 Å². The molecule has 1 aliphatic rings. The summed E-state index contributed by atoms with van der Waals surface area (Å²) in [5.74, 6) is -0.665. The summed E-state index contributed by atoms with van der Waals surface area (Å²) in [7, 11) is -4.28. The van der Waals surface area contributed by atoms with Gasteiger partial charge in [-0.1, -0.05) is 11.8 Å². The van der Waals surface area contributed by atoms with Crippen LogP contribution in [0.25, 0.3) is 0 Å². The van der Waals surface area contributed by atoms with E-state index in [2.05, 4.69) is 10.1 Å². The molecule has 2 rings (SSSR count). The molecule has 40 heavy (non-hydrogen) atoms. The molecule has 17 heteroatoms. The molecule has 2 unspecified atom stereocenters. The fraction of sp³-hybridized carbons (Fsp3) is 0.739. The fourth-order valence-corrected chi connectivity index (χ4v) is 6.13. The number of carbonyl (C=O) groups excluding carboxylic acids is 2. The molecule has 0 saturated carbocycles. The van der Waals surface area contributed by atoms with Gasteiger partial charge in [0.2, 0.25) is 0 Å². The van der Waals surface area contributed by atoms with Gasteiger partial charge in [-0.05, 0) is 41.5 Å². The number of aliphatic hydroxyl groups is 2. The average Bonchev–Trinajstić information content (AvgIpc) is 3.08. The Labute approximate surface area is 240 Å². The van der Waals surface area contributed by atoms with Gasteiger partial charge in [-0.15, -0.1) is 11.6 Å². The lowest BCUT2D eigenvalue weighted by molar-refractivity contribution is -0.149. The molecular formula is C23H37ClN3O11PS. The van der Waals surface area contributed by atoms with E-state index in [1.807, 2.05) is 0 Å². The Balaban J connectivity index is 2.16. The van der Waals surface area contributed by atoms with E-state index in [0.717, 1.165) is 28.6 Å². The summed E-state index contributed by atoms with van der Waals surface area (Å²) in [5, 5.41) is 22.4. The lowest BCUT2D eigenvalue weighted by Crippen LogP contribution is -2.43. The monoisotopic (exact) mass is 629 g/mol. The van der Waals surface area contributed by atoms with Crippen molar-refractivity contribution in [3.05, 3.63) is 33.1 Å². The molecule has 1 aromatic heterocycles. The van der Waals surface area contributed by atoms with Crippen LogP contribution in [0.4, 0.5) is 0 Å². The van der Waals surface area contributed by atoms with Crippen molar-refractivity contribution in [2.24, 2.45) is 5.41 Å². The van der Waals surface area contributed by atoms with Crippen LogP contribution in [0.3, 0.4) is 0 Å². The Morgan fingerprint density at radius 1 is 1.32 bits per heavy atom. The molecule has 2 heterocycles. The molecule has 14 nitrogen and oxygen atoms in total. The first-order valence-corrected chi connectivity index (χ1v) is 15.3. The van der Waals surface area contributed by atoms with Gasteiger partial charge in [0.05, 0.1) is 31.3 Å². The van der Waals surface area contributed by atoms with Gasteiger partial charge in [0.1, 0.15) is 23.1 Å². The van der Waals surface area contributed by atoms with Crippen LogP contribution in [0.5, 0.6) is 0 Å². The van der Waals surface area contributed by atoms with Crippen LogP contribution in [0, 0.1) is 5.41 Å². The molecule has 4 N–H and O–H groups in total. The highest BCUT2D eigenvalue weighted by Gasteiger charge is 2.54. The van der Waals surface area contributed by atoms with Crippen LogP contribution in [0.2, 0.25) is 0 Å². The summed E-state index contributed by atoms with van der Waals surface area (Å²) in [5.41, 5.74) is -2.43. The standard InChI is InChI=1S/C23H37ClN3O11PS/c1-13(2)37-18(31)14(3)26-39(34,35-9-10-40-20(32)22(4,5)12-28)36-11-15-17(30)23(6,24)19(38-15)27-8-7-16(29)25-21(27)33/h7-8,13-15,17,19,28,30H,9-12H2,1-6H3,(H,26,34)(H,25,29,33)/t14?,15-,17-,19-,23-,39?/m1/s1. The number of nitrogens with zero attached hydrogens (tertiary/aromatic N) is 1. The quantitative estimate of drug-likeness (QED) is 0.0991. The smallest absolute Gasteiger partial charge is 0.406 e. The molecule has 0 radical (unpaired) electrons. The number of alkyl halides is 1. The van der Waals surface area contributed by atoms with E-state index in [9.17, 15) is 34.0 Å². The second-order valence-corrected chi connectivity index (χ2v) is 13.9. The minimum atomic E-state index is -4.28. The number of hydrogen-bond acceptors (Lipinski definition) is 12. The third-order valence-corrected chi connectivity index (χ3v) is 9.12. The zero-order valence-corrected chi connectivity index (χ0v) is 25.6. The molecule has 1 aromatic rings. The summed E-state index contributed by atoms with van der Waals surface area (Å²) in [6, 6.07) is -0.0434. The second-order valence-electron chi connectivity index (χ2n) is 10.3. The molecule has 0 bridgehead atoms. The van der Waals surface area contributed by atoms with Crippen LogP contribution in [-0.2, 0) is 32.7 Å². The molecule has 0 aromatic carbocycles. The minimum Gasteiger partial charge on any atom is -0.462 e. The fourth-order valence-electron chi connectivity index (χ4n) is 3.42. The van der Waals surface area contributed by atoms with E-state index in [4.69, 9.17) is 30.1 Å². The number of nitrogens with one attached hydrogen (secondary N) is 2. The predicted octanol–water partition coefficient (Wildman–Crippen LogP) is 1.14. The number of aromatic amines is 1. The van der Waals surface area contributed by atoms with E-state index in [1.54, 1.807) is 27.7 Å². The number of ether oxygens (including phenoxy) is 2. The Kier molecular flexibility index (Phi) is 12.2. The number of esters is 1. The Morgan fingerprint density at radius 3 is 2.55 bits per heavy atom. The van der Waals surface area contributed by atoms with Gasteiger partial charge < -0.3 is 19.7 Å². The molecule has 1 aliphatic heterocycles. The summed E-state index contributed by atoms with van der Waals surface area (Å²) >= 11 is 7.38. The van der Waals surface area contributed by atoms with Crippen LogP contribution in [-0.4, -0.2) is 85.7 Å². The first kappa shape index (κ1) is 34.7. The maximum absolute atomic E-state index is 13.6. The summed E-state index contributed by atoms with van der Waals surface area (Å²) in [6.45, 7) is 8.11. The Bertz CT molecular complexity index is 1200. The topological polar surface area (TPSA) is 195 Å². The van der Waals surface area contributed by atoms with Gasteiger partial charge in [-0.3, -0.25) is 33.0 Å². The molecule has 0 aliphatic carbocycles. The third-order valence-electron chi connectivity index (χ3n) is 5.81. The average molecular weight is 630 g/mol. The largest absolute Gasteiger partial charge is 0.462 e. The van der Waals surface area contributed by atoms with Crippen LogP contribution >= 0.6 is 31.1 Å². The van der Waals surface area contributed by atoms with Crippen LogP contribution < -0.4 is 16.3 Å². The van der Waals surface area contributed by atoms with E-state index in [0.29, 0.717) is 0 Å². The predicted molar refractivity (Wildman–Crippen MR) is 147 cm³/mol. The van der Waals surface area contributed by atoms with E-state index in [-0.39, 0.29) is 24.1 Å². The Hall–Kier alpha value is -1.55. The van der Waals surface area contributed by atoms with Crippen molar-refractivity contribution in [2.45, 2.75) is 77.0 Å². The van der Waals surface area contributed by atoms with Crippen LogP contribution in [0.1, 0.15) is 47.8 Å². The highest BCUT2D eigenvalue weighted by molar-refractivity contribution is 8.13. The van der Waals surface area contributed by atoms with Crippen molar-refractivity contribution in [3.63, 3.8) is 0 Å². The normalized spacial score (nSPS) is 25.5. The van der Waals surface area contributed by atoms with E-state index in [1.165, 1.54) is 13.8 Å².